The number of thiazole rings is 1. The van der Waals surface area contributed by atoms with Crippen LogP contribution in [-0.4, -0.2) is 62.2 Å². The number of ether oxygens (including phenoxy) is 1. The van der Waals surface area contributed by atoms with Gasteiger partial charge in [-0.2, -0.15) is 0 Å². The molecule has 0 aliphatic carbocycles. The normalized spacial score (nSPS) is 14.8. The predicted molar refractivity (Wildman–Crippen MR) is 123 cm³/mol. The summed E-state index contributed by atoms with van der Waals surface area (Å²) in [7, 11) is 1.69. The number of rotatable bonds is 6. The third-order valence-corrected chi connectivity index (χ3v) is 6.83. The van der Waals surface area contributed by atoms with Crippen molar-refractivity contribution in [2.75, 3.05) is 51.3 Å². The maximum atomic E-state index is 12.2. The lowest BCUT2D eigenvalue weighted by atomic mass is 10.1. The van der Waals surface area contributed by atoms with Crippen molar-refractivity contribution in [3.63, 3.8) is 0 Å². The first kappa shape index (κ1) is 20.6. The van der Waals surface area contributed by atoms with Crippen LogP contribution in [0.4, 0.5) is 5.13 Å². The van der Waals surface area contributed by atoms with Gasteiger partial charge in [0, 0.05) is 44.8 Å². The molecule has 1 fully saturated rings. The average molecular weight is 425 g/mol. The third kappa shape index (κ3) is 4.42. The first-order valence-corrected chi connectivity index (χ1v) is 11.1. The number of hydrogen-bond acceptors (Lipinski definition) is 6. The first-order valence-electron chi connectivity index (χ1n) is 10.3. The van der Waals surface area contributed by atoms with Gasteiger partial charge in [-0.15, -0.1) is 0 Å². The van der Waals surface area contributed by atoms with E-state index in [0.717, 1.165) is 54.7 Å². The van der Waals surface area contributed by atoms with Gasteiger partial charge in [-0.1, -0.05) is 35.1 Å². The number of amides is 1. The van der Waals surface area contributed by atoms with Gasteiger partial charge in [-0.05, 0) is 37.6 Å². The Bertz CT molecular complexity index is 1020. The highest BCUT2D eigenvalue weighted by molar-refractivity contribution is 7.22. The van der Waals surface area contributed by atoms with Gasteiger partial charge >= 0.3 is 0 Å². The number of hydrogen-bond donors (Lipinski definition) is 1. The van der Waals surface area contributed by atoms with Gasteiger partial charge in [-0.25, -0.2) is 4.98 Å². The third-order valence-electron chi connectivity index (χ3n) is 5.58. The second-order valence-corrected chi connectivity index (χ2v) is 8.69. The largest absolute Gasteiger partial charge is 0.494 e. The Morgan fingerprint density at radius 1 is 1.10 bits per heavy atom. The molecule has 7 heteroatoms. The van der Waals surface area contributed by atoms with E-state index in [9.17, 15) is 4.79 Å². The molecular formula is C23H28N4O2S. The van der Waals surface area contributed by atoms with Crippen LogP contribution in [-0.2, 0) is 0 Å². The zero-order chi connectivity index (χ0) is 21.1. The molecule has 2 aromatic carbocycles. The molecule has 1 saturated heterocycles. The molecule has 0 spiro atoms. The molecule has 1 amide bonds. The number of methoxy groups -OCH3 is 1. The molecular weight excluding hydrogens is 396 g/mol. The van der Waals surface area contributed by atoms with Crippen molar-refractivity contribution in [2.45, 2.75) is 13.8 Å². The number of piperazine rings is 1. The Morgan fingerprint density at radius 2 is 1.83 bits per heavy atom. The minimum Gasteiger partial charge on any atom is -0.494 e. The Morgan fingerprint density at radius 3 is 2.53 bits per heavy atom. The van der Waals surface area contributed by atoms with E-state index in [1.807, 2.05) is 37.3 Å². The van der Waals surface area contributed by atoms with Gasteiger partial charge in [-0.3, -0.25) is 9.69 Å². The second-order valence-electron chi connectivity index (χ2n) is 7.71. The molecule has 0 radical (unpaired) electrons. The molecule has 1 aromatic heterocycles. The van der Waals surface area contributed by atoms with Crippen LogP contribution in [0.15, 0.2) is 36.4 Å². The summed E-state index contributed by atoms with van der Waals surface area (Å²) in [6.07, 6.45) is 0. The molecule has 4 rings (SSSR count). The lowest BCUT2D eigenvalue weighted by Crippen LogP contribution is -2.48. The monoisotopic (exact) mass is 424 g/mol. The fourth-order valence-electron chi connectivity index (χ4n) is 3.70. The van der Waals surface area contributed by atoms with Crippen LogP contribution in [0.25, 0.3) is 10.2 Å². The van der Waals surface area contributed by atoms with E-state index in [1.165, 1.54) is 10.3 Å². The highest BCUT2D eigenvalue weighted by atomic mass is 32.1. The van der Waals surface area contributed by atoms with Crippen molar-refractivity contribution in [2.24, 2.45) is 0 Å². The molecule has 6 nitrogen and oxygen atoms in total. The van der Waals surface area contributed by atoms with Crippen LogP contribution in [0.2, 0.25) is 0 Å². The summed E-state index contributed by atoms with van der Waals surface area (Å²) in [6.45, 7) is 9.46. The molecule has 0 unspecified atom stereocenters. The van der Waals surface area contributed by atoms with Gasteiger partial charge in [0.05, 0.1) is 11.8 Å². The maximum Gasteiger partial charge on any atom is 0.251 e. The molecule has 1 aliphatic rings. The fraction of sp³-hybridized carbons (Fsp3) is 0.391. The Hall–Kier alpha value is -2.64. The fourth-order valence-corrected chi connectivity index (χ4v) is 4.80. The molecule has 0 atom stereocenters. The number of carbonyl (C=O) groups is 1. The first-order chi connectivity index (χ1) is 14.5. The predicted octanol–water partition coefficient (Wildman–Crippen LogP) is 3.47. The van der Waals surface area contributed by atoms with E-state index in [0.29, 0.717) is 12.1 Å². The van der Waals surface area contributed by atoms with Crippen molar-refractivity contribution < 1.29 is 9.53 Å². The van der Waals surface area contributed by atoms with E-state index < -0.39 is 0 Å². The zero-order valence-corrected chi connectivity index (χ0v) is 18.6. The van der Waals surface area contributed by atoms with Crippen molar-refractivity contribution in [3.8, 4) is 5.75 Å². The second kappa shape index (κ2) is 9.02. The van der Waals surface area contributed by atoms with Crippen molar-refractivity contribution in [1.29, 1.82) is 0 Å². The summed E-state index contributed by atoms with van der Waals surface area (Å²) < 4.78 is 6.68. The SMILES string of the molecule is COc1ccc(C)c2sc(N3CCN(CCNC(=O)c4ccc(C)cc4)CC3)nc12. The Labute approximate surface area is 181 Å². The van der Waals surface area contributed by atoms with Gasteiger partial charge in [0.2, 0.25) is 0 Å². The molecule has 2 heterocycles. The van der Waals surface area contributed by atoms with Gasteiger partial charge in [0.25, 0.3) is 5.91 Å². The van der Waals surface area contributed by atoms with Gasteiger partial charge in [0.15, 0.2) is 5.13 Å². The molecule has 30 heavy (non-hydrogen) atoms. The summed E-state index contributed by atoms with van der Waals surface area (Å²) in [5.74, 6) is 0.827. The number of nitrogens with one attached hydrogen (secondary N) is 1. The molecule has 1 aliphatic heterocycles. The summed E-state index contributed by atoms with van der Waals surface area (Å²) in [6, 6.07) is 11.8. The summed E-state index contributed by atoms with van der Waals surface area (Å²) in [5, 5.41) is 4.09. The molecule has 1 N–H and O–H groups in total. The van der Waals surface area contributed by atoms with E-state index >= 15 is 0 Å². The van der Waals surface area contributed by atoms with Crippen LogP contribution in [0.1, 0.15) is 21.5 Å². The standard InChI is InChI=1S/C23H28N4O2S/c1-16-4-7-18(8-5-16)22(28)24-10-11-26-12-14-27(15-13-26)23-25-20-19(29-3)9-6-17(2)21(20)30-23/h4-9H,10-15H2,1-3H3,(H,24,28). The van der Waals surface area contributed by atoms with Gasteiger partial charge < -0.3 is 15.0 Å². The number of anilines is 1. The summed E-state index contributed by atoms with van der Waals surface area (Å²) in [4.78, 5) is 21.9. The minimum atomic E-state index is -0.00701. The van der Waals surface area contributed by atoms with Crippen LogP contribution >= 0.6 is 11.3 Å². The quantitative estimate of drug-likeness (QED) is 0.657. The number of aromatic nitrogens is 1. The van der Waals surface area contributed by atoms with Crippen molar-refractivity contribution in [3.05, 3.63) is 53.1 Å². The topological polar surface area (TPSA) is 57.7 Å². The van der Waals surface area contributed by atoms with E-state index in [4.69, 9.17) is 9.72 Å². The number of carbonyl (C=O) groups excluding carboxylic acids is 1. The Kier molecular flexibility index (Phi) is 6.20. The lowest BCUT2D eigenvalue weighted by molar-refractivity contribution is 0.0948. The van der Waals surface area contributed by atoms with Gasteiger partial charge in [0.1, 0.15) is 11.3 Å². The number of benzene rings is 2. The minimum absolute atomic E-state index is 0.00701. The van der Waals surface area contributed by atoms with Crippen LogP contribution in [0.5, 0.6) is 5.75 Å². The number of nitrogens with zero attached hydrogens (tertiary/aromatic N) is 3. The lowest BCUT2D eigenvalue weighted by Gasteiger charge is -2.34. The zero-order valence-electron chi connectivity index (χ0n) is 17.8. The highest BCUT2D eigenvalue weighted by Crippen LogP contribution is 2.36. The van der Waals surface area contributed by atoms with Crippen LogP contribution in [0.3, 0.4) is 0 Å². The summed E-state index contributed by atoms with van der Waals surface area (Å²) in [5.41, 5.74) is 4.06. The van der Waals surface area contributed by atoms with E-state index in [1.54, 1.807) is 18.4 Å². The van der Waals surface area contributed by atoms with Crippen LogP contribution < -0.4 is 15.0 Å². The smallest absolute Gasteiger partial charge is 0.251 e. The number of aryl methyl sites for hydroxylation is 2. The summed E-state index contributed by atoms with van der Waals surface area (Å²) >= 11 is 1.74. The van der Waals surface area contributed by atoms with Crippen LogP contribution in [0, 0.1) is 13.8 Å². The van der Waals surface area contributed by atoms with Crippen molar-refractivity contribution >= 4 is 32.6 Å². The average Bonchev–Trinajstić information content (AvgIpc) is 3.21. The molecule has 0 bridgehead atoms. The highest BCUT2D eigenvalue weighted by Gasteiger charge is 2.21. The molecule has 0 saturated carbocycles. The Balaban J connectivity index is 1.29. The number of fused-ring (bicyclic) bond motifs is 1. The van der Waals surface area contributed by atoms with Crippen molar-refractivity contribution in [1.82, 2.24) is 15.2 Å². The maximum absolute atomic E-state index is 12.2. The molecule has 3 aromatic rings. The molecule has 158 valence electrons. The van der Waals surface area contributed by atoms with E-state index in [-0.39, 0.29) is 5.91 Å². The van der Waals surface area contributed by atoms with E-state index in [2.05, 4.69) is 28.1 Å².